The highest BCUT2D eigenvalue weighted by atomic mass is 35.5. The number of hydrogen-bond donors (Lipinski definition) is 1. The van der Waals surface area contributed by atoms with Gasteiger partial charge in [0.05, 0.1) is 5.92 Å². The number of nitrogens with one attached hydrogen (secondary N) is 1. The summed E-state index contributed by atoms with van der Waals surface area (Å²) < 4.78 is 37.9. The maximum absolute atomic E-state index is 12.6. The van der Waals surface area contributed by atoms with Crippen LogP contribution in [0.15, 0.2) is 11.6 Å². The highest BCUT2D eigenvalue weighted by Gasteiger charge is 2.45. The molecule has 1 nitrogen and oxygen atoms in total. The maximum Gasteiger partial charge on any atom is 0.393 e. The molecule has 1 aliphatic carbocycles. The van der Waals surface area contributed by atoms with Crippen LogP contribution in [0.5, 0.6) is 0 Å². The summed E-state index contributed by atoms with van der Waals surface area (Å²) in [7, 11) is 0. The summed E-state index contributed by atoms with van der Waals surface area (Å²) in [5.74, 6) is -1.23. The average Bonchev–Trinajstić information content (AvgIpc) is 2.13. The van der Waals surface area contributed by atoms with Gasteiger partial charge < -0.3 is 5.32 Å². The quantitative estimate of drug-likeness (QED) is 0.798. The standard InChI is InChI=1S/C10H15ClF3N/c1-7(11)6-15-9-5-3-2-4-8(9)10(12,13)14/h8-9,15H,1-6H2. The molecule has 0 bridgehead atoms. The lowest BCUT2D eigenvalue weighted by Crippen LogP contribution is -2.45. The van der Waals surface area contributed by atoms with Crippen molar-refractivity contribution >= 4 is 11.6 Å². The van der Waals surface area contributed by atoms with Crippen LogP contribution in [0.2, 0.25) is 0 Å². The van der Waals surface area contributed by atoms with Crippen molar-refractivity contribution in [2.24, 2.45) is 5.92 Å². The molecule has 88 valence electrons. The molecule has 5 heteroatoms. The Hall–Kier alpha value is -0.220. The van der Waals surface area contributed by atoms with E-state index >= 15 is 0 Å². The number of halogens is 4. The van der Waals surface area contributed by atoms with E-state index in [0.717, 1.165) is 6.42 Å². The molecular formula is C10H15ClF3N. The van der Waals surface area contributed by atoms with E-state index in [1.807, 2.05) is 0 Å². The van der Waals surface area contributed by atoms with Gasteiger partial charge >= 0.3 is 6.18 Å². The van der Waals surface area contributed by atoms with E-state index in [4.69, 9.17) is 11.6 Å². The molecule has 0 aromatic rings. The van der Waals surface area contributed by atoms with Gasteiger partial charge in [0.2, 0.25) is 0 Å². The molecule has 2 atom stereocenters. The Kier molecular flexibility index (Phi) is 4.46. The molecule has 0 aromatic carbocycles. The van der Waals surface area contributed by atoms with Crippen molar-refractivity contribution in [2.75, 3.05) is 6.54 Å². The van der Waals surface area contributed by atoms with Crippen molar-refractivity contribution in [3.8, 4) is 0 Å². The van der Waals surface area contributed by atoms with Gasteiger partial charge in [0, 0.05) is 17.6 Å². The number of alkyl halides is 3. The minimum Gasteiger partial charge on any atom is -0.308 e. The van der Waals surface area contributed by atoms with Gasteiger partial charge in [-0.2, -0.15) is 13.2 Å². The van der Waals surface area contributed by atoms with Gasteiger partial charge in [0.15, 0.2) is 0 Å². The van der Waals surface area contributed by atoms with E-state index in [0.29, 0.717) is 17.9 Å². The van der Waals surface area contributed by atoms with E-state index in [1.54, 1.807) is 0 Å². The van der Waals surface area contributed by atoms with Crippen LogP contribution in [0.4, 0.5) is 13.2 Å². The Morgan fingerprint density at radius 3 is 2.47 bits per heavy atom. The SMILES string of the molecule is C=C(Cl)CNC1CCCCC1C(F)(F)F. The maximum atomic E-state index is 12.6. The van der Waals surface area contributed by atoms with E-state index in [-0.39, 0.29) is 13.0 Å². The molecule has 1 N–H and O–H groups in total. The second-order valence-electron chi connectivity index (χ2n) is 3.94. The summed E-state index contributed by atoms with van der Waals surface area (Å²) in [5, 5.41) is 3.17. The van der Waals surface area contributed by atoms with Crippen molar-refractivity contribution in [3.05, 3.63) is 11.6 Å². The second-order valence-corrected chi connectivity index (χ2v) is 4.47. The molecule has 0 spiro atoms. The third-order valence-electron chi connectivity index (χ3n) is 2.74. The van der Waals surface area contributed by atoms with Crippen molar-refractivity contribution < 1.29 is 13.2 Å². The van der Waals surface area contributed by atoms with Crippen molar-refractivity contribution in [1.82, 2.24) is 5.32 Å². The van der Waals surface area contributed by atoms with E-state index in [1.165, 1.54) is 0 Å². The number of rotatable bonds is 3. The lowest BCUT2D eigenvalue weighted by atomic mass is 9.84. The highest BCUT2D eigenvalue weighted by Crippen LogP contribution is 2.37. The molecular weight excluding hydrogens is 227 g/mol. The molecule has 1 saturated carbocycles. The molecule has 2 unspecified atom stereocenters. The summed E-state index contributed by atoms with van der Waals surface area (Å²) >= 11 is 5.52. The largest absolute Gasteiger partial charge is 0.393 e. The zero-order chi connectivity index (χ0) is 11.5. The van der Waals surface area contributed by atoms with Crippen LogP contribution < -0.4 is 5.32 Å². The van der Waals surface area contributed by atoms with Gasteiger partial charge in [-0.25, -0.2) is 0 Å². The predicted molar refractivity (Wildman–Crippen MR) is 54.8 cm³/mol. The lowest BCUT2D eigenvalue weighted by molar-refractivity contribution is -0.188. The van der Waals surface area contributed by atoms with Gasteiger partial charge in [-0.1, -0.05) is 31.0 Å². The Bertz CT molecular complexity index is 227. The summed E-state index contributed by atoms with van der Waals surface area (Å²) in [6, 6.07) is -0.505. The zero-order valence-corrected chi connectivity index (χ0v) is 9.17. The first-order valence-electron chi connectivity index (χ1n) is 5.04. The third kappa shape index (κ3) is 4.03. The molecule has 1 rings (SSSR count). The van der Waals surface area contributed by atoms with Crippen LogP contribution in [-0.4, -0.2) is 18.8 Å². The first-order valence-corrected chi connectivity index (χ1v) is 5.42. The molecule has 1 aliphatic rings. The topological polar surface area (TPSA) is 12.0 Å². The summed E-state index contributed by atoms with van der Waals surface area (Å²) in [4.78, 5) is 0. The Morgan fingerprint density at radius 1 is 1.33 bits per heavy atom. The van der Waals surface area contributed by atoms with Gasteiger partial charge in [-0.3, -0.25) is 0 Å². The molecule has 0 saturated heterocycles. The smallest absolute Gasteiger partial charge is 0.308 e. The third-order valence-corrected chi connectivity index (χ3v) is 2.88. The van der Waals surface area contributed by atoms with E-state index in [9.17, 15) is 13.2 Å². The molecule has 0 aromatic heterocycles. The molecule has 1 fully saturated rings. The fraction of sp³-hybridized carbons (Fsp3) is 0.800. The van der Waals surface area contributed by atoms with Gasteiger partial charge in [-0.05, 0) is 12.8 Å². The predicted octanol–water partition coefficient (Wildman–Crippen LogP) is 3.45. The normalized spacial score (nSPS) is 27.7. The van der Waals surface area contributed by atoms with Gasteiger partial charge in [0.1, 0.15) is 0 Å². The van der Waals surface area contributed by atoms with Crippen molar-refractivity contribution in [1.29, 1.82) is 0 Å². The molecule has 0 radical (unpaired) electrons. The fourth-order valence-corrected chi connectivity index (χ4v) is 2.09. The minimum absolute atomic E-state index is 0.218. The minimum atomic E-state index is -4.11. The summed E-state index contributed by atoms with van der Waals surface area (Å²) in [6.45, 7) is 3.70. The van der Waals surface area contributed by atoms with Crippen molar-refractivity contribution in [3.63, 3.8) is 0 Å². The summed E-state index contributed by atoms with van der Waals surface area (Å²) in [6.07, 6.45) is -1.82. The van der Waals surface area contributed by atoms with Crippen LogP contribution in [0.3, 0.4) is 0 Å². The van der Waals surface area contributed by atoms with Crippen LogP contribution in [-0.2, 0) is 0 Å². The fourth-order valence-electron chi connectivity index (χ4n) is 2.01. The van der Waals surface area contributed by atoms with E-state index < -0.39 is 18.1 Å². The van der Waals surface area contributed by atoms with Gasteiger partial charge in [-0.15, -0.1) is 0 Å². The monoisotopic (exact) mass is 241 g/mol. The Morgan fingerprint density at radius 2 is 1.93 bits per heavy atom. The van der Waals surface area contributed by atoms with E-state index in [2.05, 4.69) is 11.9 Å². The molecule has 15 heavy (non-hydrogen) atoms. The lowest BCUT2D eigenvalue weighted by Gasteiger charge is -2.33. The Balaban J connectivity index is 2.54. The zero-order valence-electron chi connectivity index (χ0n) is 8.41. The van der Waals surface area contributed by atoms with Crippen molar-refractivity contribution in [2.45, 2.75) is 37.9 Å². The molecule has 0 amide bonds. The van der Waals surface area contributed by atoms with Crippen LogP contribution in [0.25, 0.3) is 0 Å². The van der Waals surface area contributed by atoms with Crippen LogP contribution >= 0.6 is 11.6 Å². The molecule has 0 aliphatic heterocycles. The van der Waals surface area contributed by atoms with Crippen LogP contribution in [0.1, 0.15) is 25.7 Å². The highest BCUT2D eigenvalue weighted by molar-refractivity contribution is 6.29. The average molecular weight is 242 g/mol. The molecule has 0 heterocycles. The number of hydrogen-bond acceptors (Lipinski definition) is 1. The van der Waals surface area contributed by atoms with Crippen LogP contribution in [0, 0.1) is 5.92 Å². The first-order chi connectivity index (χ1) is 6.91. The second kappa shape index (κ2) is 5.21. The first kappa shape index (κ1) is 12.8. The Labute approximate surface area is 92.7 Å². The van der Waals surface area contributed by atoms with Gasteiger partial charge in [0.25, 0.3) is 0 Å². The summed E-state index contributed by atoms with van der Waals surface area (Å²) in [5.41, 5.74) is 0.